The maximum atomic E-state index is 12.3. The summed E-state index contributed by atoms with van der Waals surface area (Å²) >= 11 is 0. The van der Waals surface area contributed by atoms with Gasteiger partial charge in [-0.15, -0.1) is 0 Å². The van der Waals surface area contributed by atoms with Gasteiger partial charge in [0.15, 0.2) is 9.84 Å². The molecule has 1 aliphatic carbocycles. The van der Waals surface area contributed by atoms with Crippen LogP contribution in [0.2, 0.25) is 0 Å². The summed E-state index contributed by atoms with van der Waals surface area (Å²) in [6, 6.07) is 0. The fraction of sp³-hybridized carbons (Fsp3) is 0.923. The standard InChI is InChI=1S/C13H22N2O3S/c1-12(4-7-19(17,18)9-12)15-11(16)10-8-13(10)2-5-14-6-3-13/h10,14H,2-9H2,1H3,(H,15,16). The fourth-order valence-electron chi connectivity index (χ4n) is 3.69. The monoisotopic (exact) mass is 286 g/mol. The van der Waals surface area contributed by atoms with Gasteiger partial charge in [0.2, 0.25) is 5.91 Å². The van der Waals surface area contributed by atoms with Crippen molar-refractivity contribution in [3.63, 3.8) is 0 Å². The number of nitrogens with one attached hydrogen (secondary N) is 2. The van der Waals surface area contributed by atoms with Gasteiger partial charge in [-0.2, -0.15) is 0 Å². The quantitative estimate of drug-likeness (QED) is 0.753. The first-order chi connectivity index (χ1) is 8.84. The molecule has 6 heteroatoms. The molecule has 19 heavy (non-hydrogen) atoms. The van der Waals surface area contributed by atoms with Crippen molar-refractivity contribution in [3.8, 4) is 0 Å². The van der Waals surface area contributed by atoms with E-state index in [9.17, 15) is 13.2 Å². The van der Waals surface area contributed by atoms with Gasteiger partial charge in [0.25, 0.3) is 0 Å². The van der Waals surface area contributed by atoms with Crippen LogP contribution in [0.4, 0.5) is 0 Å². The van der Waals surface area contributed by atoms with Crippen molar-refractivity contribution in [3.05, 3.63) is 0 Å². The second kappa shape index (κ2) is 4.19. The summed E-state index contributed by atoms with van der Waals surface area (Å²) in [5, 5.41) is 6.33. The first-order valence-corrected chi connectivity index (χ1v) is 8.90. The molecule has 2 saturated heterocycles. The topological polar surface area (TPSA) is 75.3 Å². The minimum absolute atomic E-state index is 0.0708. The van der Waals surface area contributed by atoms with E-state index in [1.54, 1.807) is 0 Å². The Bertz CT molecular complexity index is 496. The van der Waals surface area contributed by atoms with Crippen molar-refractivity contribution in [2.75, 3.05) is 24.6 Å². The van der Waals surface area contributed by atoms with E-state index in [0.29, 0.717) is 6.42 Å². The number of carbonyl (C=O) groups excluding carboxylic acids is 1. The average molecular weight is 286 g/mol. The summed E-state index contributed by atoms with van der Waals surface area (Å²) in [5.74, 6) is 0.465. The fourth-order valence-corrected chi connectivity index (χ4v) is 5.78. The molecule has 0 aromatic heterocycles. The van der Waals surface area contributed by atoms with E-state index in [4.69, 9.17) is 0 Å². The zero-order valence-corrected chi connectivity index (χ0v) is 12.2. The van der Waals surface area contributed by atoms with E-state index >= 15 is 0 Å². The Morgan fingerprint density at radius 2 is 1.95 bits per heavy atom. The zero-order valence-electron chi connectivity index (χ0n) is 11.4. The van der Waals surface area contributed by atoms with Crippen molar-refractivity contribution < 1.29 is 13.2 Å². The molecule has 2 heterocycles. The van der Waals surface area contributed by atoms with Gasteiger partial charge in [0, 0.05) is 5.92 Å². The summed E-state index contributed by atoms with van der Waals surface area (Å²) in [6.07, 6.45) is 3.66. The smallest absolute Gasteiger partial charge is 0.224 e. The highest BCUT2D eigenvalue weighted by atomic mass is 32.2. The second-order valence-electron chi connectivity index (χ2n) is 6.76. The molecule has 1 spiro atoms. The Morgan fingerprint density at radius 3 is 2.53 bits per heavy atom. The van der Waals surface area contributed by atoms with Gasteiger partial charge in [-0.25, -0.2) is 8.42 Å². The van der Waals surface area contributed by atoms with Crippen molar-refractivity contribution in [1.29, 1.82) is 0 Å². The van der Waals surface area contributed by atoms with Crippen molar-refractivity contribution in [2.24, 2.45) is 11.3 Å². The van der Waals surface area contributed by atoms with Gasteiger partial charge in [-0.3, -0.25) is 4.79 Å². The third kappa shape index (κ3) is 2.52. The number of hydrogen-bond donors (Lipinski definition) is 2. The highest BCUT2D eigenvalue weighted by Crippen LogP contribution is 2.58. The molecule has 3 rings (SSSR count). The molecule has 108 valence electrons. The lowest BCUT2D eigenvalue weighted by molar-refractivity contribution is -0.124. The summed E-state index contributed by atoms with van der Waals surface area (Å²) in [6.45, 7) is 3.85. The maximum absolute atomic E-state index is 12.3. The van der Waals surface area contributed by atoms with E-state index in [1.165, 1.54) is 0 Å². The molecular weight excluding hydrogens is 264 g/mol. The molecule has 0 radical (unpaired) electrons. The molecule has 2 atom stereocenters. The second-order valence-corrected chi connectivity index (χ2v) is 8.95. The van der Waals surface area contributed by atoms with Gasteiger partial charge in [0.1, 0.15) is 0 Å². The van der Waals surface area contributed by atoms with Crippen LogP contribution in [0.5, 0.6) is 0 Å². The Labute approximate surface area is 114 Å². The Hall–Kier alpha value is -0.620. The number of rotatable bonds is 2. The largest absolute Gasteiger partial charge is 0.350 e. The first-order valence-electron chi connectivity index (χ1n) is 7.08. The van der Waals surface area contributed by atoms with E-state index in [-0.39, 0.29) is 28.7 Å². The summed E-state index contributed by atoms with van der Waals surface area (Å²) in [7, 11) is -2.96. The van der Waals surface area contributed by atoms with Crippen molar-refractivity contribution in [1.82, 2.24) is 10.6 Å². The number of hydrogen-bond acceptors (Lipinski definition) is 4. The van der Waals surface area contributed by atoms with Crippen molar-refractivity contribution >= 4 is 15.7 Å². The number of amides is 1. The maximum Gasteiger partial charge on any atom is 0.224 e. The highest BCUT2D eigenvalue weighted by Gasteiger charge is 2.58. The Balaban J connectivity index is 1.61. The molecule has 2 aliphatic heterocycles. The molecule has 1 saturated carbocycles. The molecule has 2 unspecified atom stereocenters. The molecule has 2 N–H and O–H groups in total. The average Bonchev–Trinajstić information content (AvgIpc) is 2.93. The third-order valence-electron chi connectivity index (χ3n) is 5.03. The summed E-state index contributed by atoms with van der Waals surface area (Å²) < 4.78 is 23.1. The molecular formula is C13H22N2O3S. The minimum Gasteiger partial charge on any atom is -0.350 e. The van der Waals surface area contributed by atoms with E-state index in [0.717, 1.165) is 32.4 Å². The lowest BCUT2D eigenvalue weighted by Crippen LogP contribution is -2.48. The van der Waals surface area contributed by atoms with Gasteiger partial charge in [0.05, 0.1) is 17.0 Å². The van der Waals surface area contributed by atoms with Gasteiger partial charge < -0.3 is 10.6 Å². The van der Waals surface area contributed by atoms with E-state index < -0.39 is 15.4 Å². The van der Waals surface area contributed by atoms with Crippen LogP contribution >= 0.6 is 0 Å². The lowest BCUT2D eigenvalue weighted by atomic mass is 9.91. The molecule has 5 nitrogen and oxygen atoms in total. The zero-order chi connectivity index (χ0) is 13.7. The van der Waals surface area contributed by atoms with Crippen LogP contribution in [0.15, 0.2) is 0 Å². The molecule has 3 fully saturated rings. The first kappa shape index (κ1) is 13.4. The van der Waals surface area contributed by atoms with Crippen LogP contribution in [-0.4, -0.2) is 44.5 Å². The number of sulfone groups is 1. The summed E-state index contributed by atoms with van der Waals surface area (Å²) in [5.41, 5.74) is -0.338. The Morgan fingerprint density at radius 1 is 1.26 bits per heavy atom. The SMILES string of the molecule is CC1(NC(=O)C2CC23CCNCC3)CCS(=O)(=O)C1. The van der Waals surface area contributed by atoms with Crippen LogP contribution in [0.1, 0.15) is 32.6 Å². The normalized spacial score (nSPS) is 39.1. The molecule has 3 aliphatic rings. The lowest BCUT2D eigenvalue weighted by Gasteiger charge is -2.27. The minimum atomic E-state index is -2.96. The van der Waals surface area contributed by atoms with Crippen molar-refractivity contribution in [2.45, 2.75) is 38.1 Å². The number of piperidine rings is 1. The van der Waals surface area contributed by atoms with E-state index in [2.05, 4.69) is 10.6 Å². The van der Waals surface area contributed by atoms with Gasteiger partial charge >= 0.3 is 0 Å². The third-order valence-corrected chi connectivity index (χ3v) is 6.94. The predicted molar refractivity (Wildman–Crippen MR) is 72.5 cm³/mol. The van der Waals surface area contributed by atoms with Crippen LogP contribution in [0, 0.1) is 11.3 Å². The Kier molecular flexibility index (Phi) is 2.94. The molecule has 1 amide bonds. The van der Waals surface area contributed by atoms with Gasteiger partial charge in [-0.1, -0.05) is 0 Å². The molecule has 0 aromatic carbocycles. The van der Waals surface area contributed by atoms with E-state index in [1.807, 2.05) is 6.92 Å². The van der Waals surface area contributed by atoms with Crippen LogP contribution in [-0.2, 0) is 14.6 Å². The van der Waals surface area contributed by atoms with Crippen LogP contribution in [0.25, 0.3) is 0 Å². The predicted octanol–water partition coefficient (Wildman–Crippen LogP) is 0.0695. The molecule has 0 aromatic rings. The number of carbonyl (C=O) groups is 1. The highest BCUT2D eigenvalue weighted by molar-refractivity contribution is 7.91. The molecule has 0 bridgehead atoms. The van der Waals surface area contributed by atoms with Gasteiger partial charge in [-0.05, 0) is 51.1 Å². The summed E-state index contributed by atoms with van der Waals surface area (Å²) in [4.78, 5) is 12.3. The van der Waals surface area contributed by atoms with Crippen LogP contribution < -0.4 is 10.6 Å². The van der Waals surface area contributed by atoms with Crippen LogP contribution in [0.3, 0.4) is 0 Å².